The molecule has 5 heteroatoms. The van der Waals surface area contributed by atoms with Crippen LogP contribution in [0.15, 0.2) is 41.3 Å². The summed E-state index contributed by atoms with van der Waals surface area (Å²) in [6, 6.07) is 7.59. The molecule has 1 heterocycles. The molecule has 2 rings (SSSR count). The number of nitrogen functional groups attached to an aromatic ring is 1. The number of ether oxygens (including phenoxy) is 1. The number of nitrogens with two attached hydrogens (primary N) is 1. The lowest BCUT2D eigenvalue weighted by molar-refractivity contribution is 0.282. The van der Waals surface area contributed by atoms with Crippen LogP contribution in [0.4, 0.5) is 10.1 Å². The molecule has 0 bridgehead atoms. The van der Waals surface area contributed by atoms with Gasteiger partial charge in [0.2, 0.25) is 0 Å². The topological polar surface area (TPSA) is 57.2 Å². The molecule has 2 aromatic rings. The number of hydrogen-bond donors (Lipinski definition) is 1. The van der Waals surface area contributed by atoms with Gasteiger partial charge >= 0.3 is 0 Å². The Morgan fingerprint density at radius 3 is 2.89 bits per heavy atom. The normalized spacial score (nSPS) is 10.4. The van der Waals surface area contributed by atoms with Gasteiger partial charge in [-0.25, -0.2) is 4.39 Å². The largest absolute Gasteiger partial charge is 0.489 e. The van der Waals surface area contributed by atoms with Crippen molar-refractivity contribution in [3.05, 3.63) is 58.3 Å². The van der Waals surface area contributed by atoms with E-state index < -0.39 is 5.82 Å². The highest BCUT2D eigenvalue weighted by atomic mass is 19.1. The molecule has 0 amide bonds. The van der Waals surface area contributed by atoms with Gasteiger partial charge in [-0.2, -0.15) is 0 Å². The summed E-state index contributed by atoms with van der Waals surface area (Å²) < 4.78 is 20.2. The first-order valence-corrected chi connectivity index (χ1v) is 5.91. The Kier molecular flexibility index (Phi) is 3.85. The van der Waals surface area contributed by atoms with E-state index in [1.807, 2.05) is 6.92 Å². The molecule has 100 valence electrons. The van der Waals surface area contributed by atoms with E-state index in [1.54, 1.807) is 18.2 Å². The average Bonchev–Trinajstić information content (AvgIpc) is 2.38. The van der Waals surface area contributed by atoms with Gasteiger partial charge in [0, 0.05) is 18.0 Å². The van der Waals surface area contributed by atoms with Gasteiger partial charge in [-0.3, -0.25) is 4.79 Å². The first-order valence-electron chi connectivity index (χ1n) is 5.91. The summed E-state index contributed by atoms with van der Waals surface area (Å²) >= 11 is 0. The van der Waals surface area contributed by atoms with Crippen molar-refractivity contribution in [3.63, 3.8) is 0 Å². The highest BCUT2D eigenvalue weighted by Crippen LogP contribution is 2.18. The molecule has 1 aromatic heterocycles. The fraction of sp³-hybridized carbons (Fsp3) is 0.214. The van der Waals surface area contributed by atoms with E-state index in [0.717, 1.165) is 5.56 Å². The molecule has 0 saturated carbocycles. The van der Waals surface area contributed by atoms with Gasteiger partial charge in [-0.05, 0) is 30.7 Å². The zero-order chi connectivity index (χ0) is 13.8. The van der Waals surface area contributed by atoms with E-state index in [2.05, 4.69) is 0 Å². The lowest BCUT2D eigenvalue weighted by atomic mass is 10.2. The summed E-state index contributed by atoms with van der Waals surface area (Å²) in [5.41, 5.74) is 6.85. The zero-order valence-corrected chi connectivity index (χ0v) is 10.6. The lowest BCUT2D eigenvalue weighted by Crippen LogP contribution is -2.22. The number of hydrogen-bond acceptors (Lipinski definition) is 3. The number of pyridine rings is 1. The van der Waals surface area contributed by atoms with Gasteiger partial charge in [0.05, 0.1) is 6.54 Å². The summed E-state index contributed by atoms with van der Waals surface area (Å²) in [4.78, 5) is 11.5. The number of anilines is 1. The van der Waals surface area contributed by atoms with Gasteiger partial charge in [-0.1, -0.05) is 6.07 Å². The van der Waals surface area contributed by atoms with Crippen LogP contribution in [0.5, 0.6) is 5.75 Å². The second-order valence-electron chi connectivity index (χ2n) is 4.28. The number of benzene rings is 1. The second kappa shape index (κ2) is 5.56. The van der Waals surface area contributed by atoms with Crippen molar-refractivity contribution in [2.24, 2.45) is 0 Å². The van der Waals surface area contributed by atoms with Crippen molar-refractivity contribution in [2.75, 3.05) is 12.3 Å². The predicted octanol–water partition coefficient (Wildman–Crippen LogP) is 1.96. The quantitative estimate of drug-likeness (QED) is 0.916. The van der Waals surface area contributed by atoms with Crippen molar-refractivity contribution in [3.8, 4) is 5.75 Å². The maximum absolute atomic E-state index is 13.4. The van der Waals surface area contributed by atoms with Gasteiger partial charge < -0.3 is 15.0 Å². The smallest absolute Gasteiger partial charge is 0.250 e. The molecule has 0 fully saturated rings. The van der Waals surface area contributed by atoms with Gasteiger partial charge in [0.15, 0.2) is 11.6 Å². The maximum Gasteiger partial charge on any atom is 0.250 e. The van der Waals surface area contributed by atoms with Crippen LogP contribution in [-0.2, 0) is 6.54 Å². The molecule has 2 N–H and O–H groups in total. The van der Waals surface area contributed by atoms with Crippen molar-refractivity contribution >= 4 is 5.69 Å². The summed E-state index contributed by atoms with van der Waals surface area (Å²) in [6.07, 6.45) is 1.54. The van der Waals surface area contributed by atoms with Crippen LogP contribution < -0.4 is 16.0 Å². The number of aryl methyl sites for hydroxylation is 1. The third kappa shape index (κ3) is 3.34. The molecule has 0 aliphatic heterocycles. The number of halogens is 1. The standard InChI is InChI=1S/C14H15FN2O2/c1-10-2-4-12(15)13(8-10)19-7-6-17-9-11(16)3-5-14(17)18/h2-5,8-9H,6-7,16H2,1H3. The molecule has 1 aromatic carbocycles. The lowest BCUT2D eigenvalue weighted by Gasteiger charge is -2.10. The molecule has 0 radical (unpaired) electrons. The Balaban J connectivity index is 2.02. The maximum atomic E-state index is 13.4. The fourth-order valence-electron chi connectivity index (χ4n) is 1.70. The van der Waals surface area contributed by atoms with E-state index in [0.29, 0.717) is 12.2 Å². The van der Waals surface area contributed by atoms with Crippen molar-refractivity contribution in [1.82, 2.24) is 4.57 Å². The van der Waals surface area contributed by atoms with Crippen LogP contribution in [0.1, 0.15) is 5.56 Å². The van der Waals surface area contributed by atoms with E-state index in [9.17, 15) is 9.18 Å². The van der Waals surface area contributed by atoms with E-state index in [-0.39, 0.29) is 17.9 Å². The molecule has 0 unspecified atom stereocenters. The summed E-state index contributed by atoms with van der Waals surface area (Å²) in [5.74, 6) is -0.220. The summed E-state index contributed by atoms with van der Waals surface area (Å²) in [5, 5.41) is 0. The van der Waals surface area contributed by atoms with E-state index in [4.69, 9.17) is 10.5 Å². The van der Waals surface area contributed by atoms with E-state index in [1.165, 1.54) is 22.9 Å². The first-order chi connectivity index (χ1) is 9.06. The van der Waals surface area contributed by atoms with Gasteiger partial charge in [0.25, 0.3) is 5.56 Å². The molecule has 19 heavy (non-hydrogen) atoms. The van der Waals surface area contributed by atoms with Crippen LogP contribution in [0, 0.1) is 12.7 Å². The fourth-order valence-corrected chi connectivity index (χ4v) is 1.70. The van der Waals surface area contributed by atoms with Crippen molar-refractivity contribution in [2.45, 2.75) is 13.5 Å². The SMILES string of the molecule is Cc1ccc(F)c(OCCn2cc(N)ccc2=O)c1. The minimum atomic E-state index is -0.412. The Labute approximate surface area is 110 Å². The monoisotopic (exact) mass is 262 g/mol. The molecule has 0 atom stereocenters. The van der Waals surface area contributed by atoms with Crippen molar-refractivity contribution < 1.29 is 9.13 Å². The Morgan fingerprint density at radius 1 is 1.32 bits per heavy atom. The highest BCUT2D eigenvalue weighted by molar-refractivity contribution is 5.33. The van der Waals surface area contributed by atoms with Crippen LogP contribution in [0.3, 0.4) is 0 Å². The second-order valence-corrected chi connectivity index (χ2v) is 4.28. The Morgan fingerprint density at radius 2 is 2.11 bits per heavy atom. The number of aromatic nitrogens is 1. The molecule has 0 saturated heterocycles. The van der Waals surface area contributed by atoms with Crippen molar-refractivity contribution in [1.29, 1.82) is 0 Å². The van der Waals surface area contributed by atoms with Crippen LogP contribution in [0.25, 0.3) is 0 Å². The molecule has 0 aliphatic rings. The summed E-state index contributed by atoms with van der Waals surface area (Å²) in [7, 11) is 0. The summed E-state index contributed by atoms with van der Waals surface area (Å²) in [6.45, 7) is 2.37. The molecular formula is C14H15FN2O2. The van der Waals surface area contributed by atoms with E-state index >= 15 is 0 Å². The minimum absolute atomic E-state index is 0.164. The predicted molar refractivity (Wildman–Crippen MR) is 71.7 cm³/mol. The Bertz CT molecular complexity index is 638. The minimum Gasteiger partial charge on any atom is -0.489 e. The third-order valence-corrected chi connectivity index (χ3v) is 2.68. The first kappa shape index (κ1) is 13.1. The number of rotatable bonds is 4. The third-order valence-electron chi connectivity index (χ3n) is 2.68. The molecule has 0 spiro atoms. The average molecular weight is 262 g/mol. The molecule has 4 nitrogen and oxygen atoms in total. The zero-order valence-electron chi connectivity index (χ0n) is 10.6. The van der Waals surface area contributed by atoms with Crippen LogP contribution in [0.2, 0.25) is 0 Å². The molecular weight excluding hydrogens is 247 g/mol. The Hall–Kier alpha value is -2.30. The number of nitrogens with zero attached hydrogens (tertiary/aromatic N) is 1. The highest BCUT2D eigenvalue weighted by Gasteiger charge is 2.03. The van der Waals surface area contributed by atoms with Crippen LogP contribution >= 0.6 is 0 Å². The molecule has 0 aliphatic carbocycles. The van der Waals surface area contributed by atoms with Gasteiger partial charge in [0.1, 0.15) is 6.61 Å². The van der Waals surface area contributed by atoms with Gasteiger partial charge in [-0.15, -0.1) is 0 Å². The van der Waals surface area contributed by atoms with Crippen LogP contribution in [-0.4, -0.2) is 11.2 Å².